The second kappa shape index (κ2) is 5.28. The van der Waals surface area contributed by atoms with E-state index in [9.17, 15) is 4.79 Å². The summed E-state index contributed by atoms with van der Waals surface area (Å²) in [6.07, 6.45) is 4.94. The van der Waals surface area contributed by atoms with Crippen LogP contribution in [-0.2, 0) is 13.0 Å². The van der Waals surface area contributed by atoms with Crippen molar-refractivity contribution in [3.63, 3.8) is 0 Å². The fourth-order valence-electron chi connectivity index (χ4n) is 2.33. The molecule has 7 nitrogen and oxygen atoms in total. The molecule has 1 unspecified atom stereocenters. The Bertz CT molecular complexity index is 623. The molecular formula is C13H16N6O. The third kappa shape index (κ3) is 2.76. The Morgan fingerprint density at radius 2 is 2.35 bits per heavy atom. The molecule has 2 N–H and O–H groups in total. The van der Waals surface area contributed by atoms with Crippen LogP contribution in [0.25, 0.3) is 0 Å². The van der Waals surface area contributed by atoms with Crippen LogP contribution in [0.1, 0.15) is 17.9 Å². The first-order valence-electron chi connectivity index (χ1n) is 6.57. The van der Waals surface area contributed by atoms with E-state index in [0.29, 0.717) is 6.54 Å². The van der Waals surface area contributed by atoms with Crippen molar-refractivity contribution in [3.05, 3.63) is 36.2 Å². The average Bonchev–Trinajstić information content (AvgIpc) is 2.86. The van der Waals surface area contributed by atoms with Crippen LogP contribution in [0.3, 0.4) is 0 Å². The second-order valence-electron chi connectivity index (χ2n) is 4.88. The lowest BCUT2D eigenvalue weighted by Gasteiger charge is -2.23. The minimum atomic E-state index is -0.204. The fourth-order valence-corrected chi connectivity index (χ4v) is 2.33. The van der Waals surface area contributed by atoms with Gasteiger partial charge in [-0.3, -0.25) is 4.98 Å². The largest absolute Gasteiger partial charge is 0.333 e. The number of nitrogens with one attached hydrogen (secondary N) is 2. The lowest BCUT2D eigenvalue weighted by molar-refractivity contribution is 0.243. The maximum atomic E-state index is 12.0. The van der Waals surface area contributed by atoms with Crippen molar-refractivity contribution in [3.8, 4) is 0 Å². The first kappa shape index (κ1) is 12.6. The number of rotatable bonds is 2. The number of hydrogen-bond donors (Lipinski definition) is 2. The van der Waals surface area contributed by atoms with E-state index in [4.69, 9.17) is 0 Å². The van der Waals surface area contributed by atoms with Gasteiger partial charge >= 0.3 is 6.03 Å². The molecule has 7 heteroatoms. The summed E-state index contributed by atoms with van der Waals surface area (Å²) in [6.45, 7) is 2.55. The van der Waals surface area contributed by atoms with Gasteiger partial charge in [-0.15, -0.1) is 0 Å². The zero-order valence-electron chi connectivity index (χ0n) is 11.2. The summed E-state index contributed by atoms with van der Waals surface area (Å²) >= 11 is 0. The molecule has 0 aliphatic carbocycles. The van der Waals surface area contributed by atoms with Gasteiger partial charge in [0.15, 0.2) is 0 Å². The summed E-state index contributed by atoms with van der Waals surface area (Å²) in [7, 11) is 0. The summed E-state index contributed by atoms with van der Waals surface area (Å²) < 4.78 is 1.84. The molecule has 2 aromatic rings. The smallest absolute Gasteiger partial charge is 0.319 e. The molecule has 0 radical (unpaired) electrons. The average molecular weight is 272 g/mol. The van der Waals surface area contributed by atoms with Crippen molar-refractivity contribution in [2.75, 3.05) is 5.32 Å². The minimum absolute atomic E-state index is 0.0761. The number of anilines is 1. The molecule has 0 spiro atoms. The van der Waals surface area contributed by atoms with Gasteiger partial charge < -0.3 is 10.6 Å². The quantitative estimate of drug-likeness (QED) is 0.858. The first-order valence-corrected chi connectivity index (χ1v) is 6.57. The van der Waals surface area contributed by atoms with Gasteiger partial charge in [-0.2, -0.15) is 5.10 Å². The van der Waals surface area contributed by atoms with Crippen LogP contribution in [-0.4, -0.2) is 31.8 Å². The second-order valence-corrected chi connectivity index (χ2v) is 4.88. The first-order chi connectivity index (χ1) is 9.70. The Morgan fingerprint density at radius 3 is 3.20 bits per heavy atom. The van der Waals surface area contributed by atoms with Crippen LogP contribution in [0, 0.1) is 6.92 Å². The number of urea groups is 1. The number of nitrogens with zero attached hydrogens (tertiary/aromatic N) is 4. The van der Waals surface area contributed by atoms with Gasteiger partial charge in [-0.25, -0.2) is 14.5 Å². The summed E-state index contributed by atoms with van der Waals surface area (Å²) in [5, 5.41) is 9.91. The number of hydrogen-bond acceptors (Lipinski definition) is 4. The number of pyridine rings is 1. The lowest BCUT2D eigenvalue weighted by atomic mass is 10.1. The van der Waals surface area contributed by atoms with Gasteiger partial charge in [-0.05, 0) is 25.5 Å². The van der Waals surface area contributed by atoms with Gasteiger partial charge in [0.25, 0.3) is 0 Å². The predicted molar refractivity (Wildman–Crippen MR) is 73.3 cm³/mol. The predicted octanol–water partition coefficient (Wildman–Crippen LogP) is 1.12. The molecule has 0 bridgehead atoms. The van der Waals surface area contributed by atoms with Crippen molar-refractivity contribution in [2.45, 2.75) is 32.4 Å². The zero-order valence-corrected chi connectivity index (χ0v) is 11.2. The van der Waals surface area contributed by atoms with Crippen LogP contribution >= 0.6 is 0 Å². The van der Waals surface area contributed by atoms with Gasteiger partial charge in [0.2, 0.25) is 0 Å². The SMILES string of the molecule is Cc1cc(NC(=O)NC2CCc3ncnn3C2)ccn1. The van der Waals surface area contributed by atoms with Gasteiger partial charge in [-0.1, -0.05) is 0 Å². The highest BCUT2D eigenvalue weighted by molar-refractivity contribution is 5.89. The Kier molecular flexibility index (Phi) is 3.32. The molecule has 3 rings (SSSR count). The Labute approximate surface area is 116 Å². The number of carbonyl (C=O) groups excluding carboxylic acids is 1. The van der Waals surface area contributed by atoms with Crippen LogP contribution in [0.15, 0.2) is 24.7 Å². The highest BCUT2D eigenvalue weighted by Crippen LogP contribution is 2.12. The van der Waals surface area contributed by atoms with Crippen LogP contribution < -0.4 is 10.6 Å². The van der Waals surface area contributed by atoms with Crippen molar-refractivity contribution in [1.82, 2.24) is 25.1 Å². The molecular weight excluding hydrogens is 256 g/mol. The van der Waals surface area contributed by atoms with E-state index in [2.05, 4.69) is 25.7 Å². The number of fused-ring (bicyclic) bond motifs is 1. The summed E-state index contributed by atoms with van der Waals surface area (Å²) in [5.41, 5.74) is 1.61. The summed E-state index contributed by atoms with van der Waals surface area (Å²) in [6, 6.07) is 3.47. The lowest BCUT2D eigenvalue weighted by Crippen LogP contribution is -2.43. The number of aromatic nitrogens is 4. The van der Waals surface area contributed by atoms with Crippen molar-refractivity contribution in [2.24, 2.45) is 0 Å². The maximum absolute atomic E-state index is 12.0. The Balaban J connectivity index is 1.57. The van der Waals surface area contributed by atoms with E-state index in [1.807, 2.05) is 17.7 Å². The van der Waals surface area contributed by atoms with Crippen molar-refractivity contribution >= 4 is 11.7 Å². The molecule has 0 saturated heterocycles. The molecule has 1 aliphatic heterocycles. The van der Waals surface area contributed by atoms with E-state index in [1.54, 1.807) is 18.6 Å². The molecule has 3 heterocycles. The van der Waals surface area contributed by atoms with Gasteiger partial charge in [0, 0.05) is 24.0 Å². The molecule has 20 heavy (non-hydrogen) atoms. The molecule has 1 atom stereocenters. The highest BCUT2D eigenvalue weighted by atomic mass is 16.2. The molecule has 104 valence electrons. The monoisotopic (exact) mass is 272 g/mol. The third-order valence-corrected chi connectivity index (χ3v) is 3.30. The third-order valence-electron chi connectivity index (χ3n) is 3.30. The Morgan fingerprint density at radius 1 is 1.45 bits per heavy atom. The number of aryl methyl sites for hydroxylation is 2. The standard InChI is InChI=1S/C13H16N6O/c1-9-6-10(4-5-14-9)17-13(20)18-11-2-3-12-15-8-16-19(12)7-11/h4-6,8,11H,2-3,7H2,1H3,(H2,14,17,18,20). The van der Waals surface area contributed by atoms with E-state index in [-0.39, 0.29) is 12.1 Å². The van der Waals surface area contributed by atoms with Crippen molar-refractivity contribution in [1.29, 1.82) is 0 Å². The maximum Gasteiger partial charge on any atom is 0.319 e. The number of amides is 2. The molecule has 0 saturated carbocycles. The Hall–Kier alpha value is -2.44. The molecule has 1 aliphatic rings. The zero-order chi connectivity index (χ0) is 13.9. The molecule has 0 fully saturated rings. The fraction of sp³-hybridized carbons (Fsp3) is 0.385. The number of carbonyl (C=O) groups is 1. The van der Waals surface area contributed by atoms with Crippen LogP contribution in [0.5, 0.6) is 0 Å². The highest BCUT2D eigenvalue weighted by Gasteiger charge is 2.21. The molecule has 2 amide bonds. The van der Waals surface area contributed by atoms with Gasteiger partial charge in [0.05, 0.1) is 12.6 Å². The van der Waals surface area contributed by atoms with Crippen molar-refractivity contribution < 1.29 is 4.79 Å². The van der Waals surface area contributed by atoms with E-state index < -0.39 is 0 Å². The van der Waals surface area contributed by atoms with Crippen LogP contribution in [0.2, 0.25) is 0 Å². The minimum Gasteiger partial charge on any atom is -0.333 e. The topological polar surface area (TPSA) is 84.7 Å². The molecule has 0 aromatic carbocycles. The molecule has 2 aromatic heterocycles. The summed E-state index contributed by atoms with van der Waals surface area (Å²) in [4.78, 5) is 20.2. The van der Waals surface area contributed by atoms with Gasteiger partial charge in [0.1, 0.15) is 12.2 Å². The van der Waals surface area contributed by atoms with E-state index >= 15 is 0 Å². The van der Waals surface area contributed by atoms with E-state index in [1.165, 1.54) is 0 Å². The van der Waals surface area contributed by atoms with E-state index in [0.717, 1.165) is 30.0 Å². The normalized spacial score (nSPS) is 17.4. The summed E-state index contributed by atoms with van der Waals surface area (Å²) in [5.74, 6) is 0.980. The van der Waals surface area contributed by atoms with Crippen LogP contribution in [0.4, 0.5) is 10.5 Å².